The zero-order chi connectivity index (χ0) is 15.5. The summed E-state index contributed by atoms with van der Waals surface area (Å²) < 4.78 is 37.2. The second-order valence-electron chi connectivity index (χ2n) is 5.48. The van der Waals surface area contributed by atoms with Crippen LogP contribution in [0.1, 0.15) is 32.1 Å². The first-order valence-electron chi connectivity index (χ1n) is 7.22. The van der Waals surface area contributed by atoms with Gasteiger partial charge in [-0.15, -0.1) is 0 Å². The summed E-state index contributed by atoms with van der Waals surface area (Å²) >= 11 is 0. The Hall–Kier alpha value is -1.53. The number of nitrogens with zero attached hydrogens (tertiary/aromatic N) is 2. The highest BCUT2D eigenvalue weighted by Gasteiger charge is 2.42. The van der Waals surface area contributed by atoms with Crippen molar-refractivity contribution in [2.24, 2.45) is 0 Å². The van der Waals surface area contributed by atoms with Crippen LogP contribution in [-0.4, -0.2) is 54.0 Å². The maximum atomic E-state index is 12.4. The van der Waals surface area contributed by atoms with E-state index in [2.05, 4.69) is 0 Å². The molecule has 2 fully saturated rings. The molecule has 1 saturated heterocycles. The van der Waals surface area contributed by atoms with Gasteiger partial charge < -0.3 is 9.80 Å². The molecule has 0 aromatic carbocycles. The lowest BCUT2D eigenvalue weighted by Crippen LogP contribution is -2.43. The fourth-order valence-electron chi connectivity index (χ4n) is 2.76. The predicted molar refractivity (Wildman–Crippen MR) is 70.4 cm³/mol. The van der Waals surface area contributed by atoms with Gasteiger partial charge in [0, 0.05) is 32.3 Å². The van der Waals surface area contributed by atoms with Gasteiger partial charge in [-0.05, 0) is 32.1 Å². The minimum absolute atomic E-state index is 0.0404. The zero-order valence-electron chi connectivity index (χ0n) is 11.8. The number of amides is 2. The van der Waals surface area contributed by atoms with E-state index in [0.29, 0.717) is 13.0 Å². The van der Waals surface area contributed by atoms with Gasteiger partial charge in [-0.25, -0.2) is 0 Å². The van der Waals surface area contributed by atoms with Crippen LogP contribution in [0.15, 0.2) is 11.6 Å². The molecule has 0 aromatic heterocycles. The van der Waals surface area contributed by atoms with Crippen molar-refractivity contribution in [2.45, 2.75) is 38.3 Å². The van der Waals surface area contributed by atoms with Crippen molar-refractivity contribution < 1.29 is 22.8 Å². The Morgan fingerprint density at radius 3 is 2.10 bits per heavy atom. The molecule has 0 aromatic rings. The molecule has 2 rings (SSSR count). The highest BCUT2D eigenvalue weighted by Crippen LogP contribution is 2.24. The number of carbonyl (C=O) groups is 2. The lowest BCUT2D eigenvalue weighted by Gasteiger charge is -2.22. The highest BCUT2D eigenvalue weighted by molar-refractivity contribution is 5.88. The van der Waals surface area contributed by atoms with Gasteiger partial charge in [0.05, 0.1) is 0 Å². The van der Waals surface area contributed by atoms with Crippen molar-refractivity contribution in [2.75, 3.05) is 26.2 Å². The monoisotopic (exact) mass is 304 g/mol. The first-order chi connectivity index (χ1) is 9.88. The van der Waals surface area contributed by atoms with Crippen LogP contribution in [0.5, 0.6) is 0 Å². The zero-order valence-corrected chi connectivity index (χ0v) is 11.8. The molecule has 4 nitrogen and oxygen atoms in total. The number of alkyl halides is 3. The second kappa shape index (κ2) is 6.49. The van der Waals surface area contributed by atoms with Crippen molar-refractivity contribution in [3.8, 4) is 0 Å². The molecule has 2 aliphatic rings. The third-order valence-corrected chi connectivity index (χ3v) is 3.91. The van der Waals surface area contributed by atoms with Crippen LogP contribution in [0, 0.1) is 0 Å². The van der Waals surface area contributed by atoms with Gasteiger partial charge in [-0.3, -0.25) is 9.59 Å². The van der Waals surface area contributed by atoms with E-state index in [1.807, 2.05) is 0 Å². The lowest BCUT2D eigenvalue weighted by atomic mass is 10.2. The Morgan fingerprint density at radius 1 is 0.905 bits per heavy atom. The molecule has 1 aliphatic heterocycles. The van der Waals surface area contributed by atoms with Crippen LogP contribution in [-0.2, 0) is 9.59 Å². The minimum atomic E-state index is -4.84. The molecule has 1 aliphatic carbocycles. The van der Waals surface area contributed by atoms with E-state index in [-0.39, 0.29) is 25.5 Å². The summed E-state index contributed by atoms with van der Waals surface area (Å²) in [6.07, 6.45) is 1.19. The summed E-state index contributed by atoms with van der Waals surface area (Å²) in [7, 11) is 0. The van der Waals surface area contributed by atoms with Crippen molar-refractivity contribution in [3.63, 3.8) is 0 Å². The maximum absolute atomic E-state index is 12.4. The summed E-state index contributed by atoms with van der Waals surface area (Å²) in [6.45, 7) is 0.528. The largest absolute Gasteiger partial charge is 0.471 e. The van der Waals surface area contributed by atoms with E-state index in [0.717, 1.165) is 36.2 Å². The van der Waals surface area contributed by atoms with Crippen molar-refractivity contribution in [1.82, 2.24) is 9.80 Å². The van der Waals surface area contributed by atoms with E-state index in [1.54, 1.807) is 6.08 Å². The first kappa shape index (κ1) is 15.9. The van der Waals surface area contributed by atoms with Gasteiger partial charge in [0.25, 0.3) is 0 Å². The normalized spacial score (nSPS) is 20.4. The van der Waals surface area contributed by atoms with E-state index < -0.39 is 12.1 Å². The third-order valence-electron chi connectivity index (χ3n) is 3.91. The summed E-state index contributed by atoms with van der Waals surface area (Å²) in [5, 5.41) is 0. The summed E-state index contributed by atoms with van der Waals surface area (Å²) in [5.41, 5.74) is 1.12. The van der Waals surface area contributed by atoms with Gasteiger partial charge in [0.15, 0.2) is 0 Å². The van der Waals surface area contributed by atoms with Crippen molar-refractivity contribution in [1.29, 1.82) is 0 Å². The fraction of sp³-hybridized carbons (Fsp3) is 0.714. The van der Waals surface area contributed by atoms with Crippen LogP contribution in [0.3, 0.4) is 0 Å². The standard InChI is InChI=1S/C14H19F3N2O2/c15-14(16,17)13(21)19-7-3-6-18(8-9-19)12(20)10-11-4-1-2-5-11/h10H,1-9H2. The van der Waals surface area contributed by atoms with Crippen LogP contribution in [0.4, 0.5) is 13.2 Å². The molecule has 0 radical (unpaired) electrons. The molecule has 0 spiro atoms. The summed E-state index contributed by atoms with van der Waals surface area (Å²) in [5.74, 6) is -1.96. The number of allylic oxidation sites excluding steroid dienone is 1. The molecule has 2 amide bonds. The fourth-order valence-corrected chi connectivity index (χ4v) is 2.76. The third kappa shape index (κ3) is 4.22. The summed E-state index contributed by atoms with van der Waals surface area (Å²) in [6, 6.07) is 0. The molecular weight excluding hydrogens is 285 g/mol. The number of rotatable bonds is 1. The van der Waals surface area contributed by atoms with Gasteiger partial charge in [0.1, 0.15) is 0 Å². The van der Waals surface area contributed by atoms with Gasteiger partial charge >= 0.3 is 12.1 Å². The van der Waals surface area contributed by atoms with Gasteiger partial charge in [-0.1, -0.05) is 5.57 Å². The van der Waals surface area contributed by atoms with Crippen LogP contribution < -0.4 is 0 Å². The second-order valence-corrected chi connectivity index (χ2v) is 5.48. The Morgan fingerprint density at radius 2 is 1.48 bits per heavy atom. The number of hydrogen-bond donors (Lipinski definition) is 0. The molecule has 0 N–H and O–H groups in total. The molecule has 0 unspecified atom stereocenters. The minimum Gasteiger partial charge on any atom is -0.337 e. The van der Waals surface area contributed by atoms with E-state index >= 15 is 0 Å². The van der Waals surface area contributed by atoms with Crippen LogP contribution in [0.25, 0.3) is 0 Å². The number of carbonyl (C=O) groups excluding carboxylic acids is 2. The molecule has 0 bridgehead atoms. The van der Waals surface area contributed by atoms with E-state index in [9.17, 15) is 22.8 Å². The van der Waals surface area contributed by atoms with Gasteiger partial charge in [-0.2, -0.15) is 13.2 Å². The molecule has 118 valence electrons. The predicted octanol–water partition coefficient (Wildman–Crippen LogP) is 2.11. The highest BCUT2D eigenvalue weighted by atomic mass is 19.4. The number of halogens is 3. The Balaban J connectivity index is 1.93. The van der Waals surface area contributed by atoms with E-state index in [1.165, 1.54) is 4.90 Å². The lowest BCUT2D eigenvalue weighted by molar-refractivity contribution is -0.185. The maximum Gasteiger partial charge on any atom is 0.471 e. The SMILES string of the molecule is O=C(C=C1CCCC1)N1CCCN(C(=O)C(F)(F)F)CC1. The van der Waals surface area contributed by atoms with Crippen LogP contribution in [0.2, 0.25) is 0 Å². The molecular formula is C14H19F3N2O2. The van der Waals surface area contributed by atoms with Crippen LogP contribution >= 0.6 is 0 Å². The Bertz CT molecular complexity index is 438. The van der Waals surface area contributed by atoms with Crippen molar-refractivity contribution in [3.05, 3.63) is 11.6 Å². The topological polar surface area (TPSA) is 40.6 Å². The molecule has 0 atom stereocenters. The molecule has 1 saturated carbocycles. The average Bonchev–Trinajstić information content (AvgIpc) is 2.78. The Labute approximate surface area is 121 Å². The first-order valence-corrected chi connectivity index (χ1v) is 7.22. The summed E-state index contributed by atoms with van der Waals surface area (Å²) in [4.78, 5) is 25.6. The van der Waals surface area contributed by atoms with Gasteiger partial charge in [0.2, 0.25) is 5.91 Å². The Kier molecular flexibility index (Phi) is 4.90. The van der Waals surface area contributed by atoms with E-state index in [4.69, 9.17) is 0 Å². The molecule has 7 heteroatoms. The molecule has 21 heavy (non-hydrogen) atoms. The smallest absolute Gasteiger partial charge is 0.337 e. The average molecular weight is 304 g/mol. The number of hydrogen-bond acceptors (Lipinski definition) is 2. The quantitative estimate of drug-likeness (QED) is 0.696. The van der Waals surface area contributed by atoms with Crippen molar-refractivity contribution >= 4 is 11.8 Å². The molecule has 1 heterocycles.